The van der Waals surface area contributed by atoms with Gasteiger partial charge in [-0.15, -0.1) is 0 Å². The van der Waals surface area contributed by atoms with Gasteiger partial charge in [0, 0.05) is 6.42 Å². The van der Waals surface area contributed by atoms with Gasteiger partial charge in [0.25, 0.3) is 0 Å². The molecule has 1 aromatic rings. The fourth-order valence-electron chi connectivity index (χ4n) is 6.48. The molecule has 1 aromatic carbocycles. The largest absolute Gasteiger partial charge is 0.508 e. The number of aliphatic hydroxyl groups is 1. The summed E-state index contributed by atoms with van der Waals surface area (Å²) in [6.45, 7) is 11.7. The number of aliphatic hydroxyl groups excluding tert-OH is 1. The molecule has 0 aliphatic rings. The first-order chi connectivity index (χ1) is 30.1. The van der Waals surface area contributed by atoms with Crippen LogP contribution in [0.5, 0.6) is 5.75 Å². The van der Waals surface area contributed by atoms with Gasteiger partial charge in [0.05, 0.1) is 12.6 Å². The molecule has 0 bridgehead atoms. The lowest BCUT2D eigenvalue weighted by atomic mass is 9.98. The van der Waals surface area contributed by atoms with E-state index in [-0.39, 0.29) is 43.9 Å². The predicted octanol–water partition coefficient (Wildman–Crippen LogP) is -0.617. The molecule has 0 radical (unpaired) electrons. The molecule has 0 saturated carbocycles. The van der Waals surface area contributed by atoms with Gasteiger partial charge >= 0.3 is 5.97 Å². The molecule has 0 aliphatic heterocycles. The molecule has 0 fully saturated rings. The van der Waals surface area contributed by atoms with Gasteiger partial charge in [-0.1, -0.05) is 60.1 Å². The van der Waals surface area contributed by atoms with Crippen molar-refractivity contribution in [3.63, 3.8) is 0 Å². The third-order valence-corrected chi connectivity index (χ3v) is 11.1. The average Bonchev–Trinajstić information content (AvgIpc) is 3.23. The van der Waals surface area contributed by atoms with Crippen LogP contribution in [0.1, 0.15) is 92.6 Å². The van der Waals surface area contributed by atoms with E-state index in [4.69, 9.17) is 11.5 Å². The molecule has 0 heterocycles. The van der Waals surface area contributed by atoms with Crippen LogP contribution in [0.2, 0.25) is 0 Å². The van der Waals surface area contributed by atoms with Crippen molar-refractivity contribution in [3.8, 4) is 5.75 Å². The summed E-state index contributed by atoms with van der Waals surface area (Å²) >= 11 is 1.38. The van der Waals surface area contributed by atoms with Crippen LogP contribution in [-0.2, 0) is 44.8 Å². The number of rotatable bonds is 30. The van der Waals surface area contributed by atoms with Crippen LogP contribution in [0.4, 0.5) is 0 Å². The number of amides is 7. The smallest absolute Gasteiger partial charge is 0.326 e. The number of hydrogen-bond acceptors (Lipinski definition) is 13. The van der Waals surface area contributed by atoms with E-state index in [2.05, 4.69) is 37.2 Å². The van der Waals surface area contributed by atoms with Crippen LogP contribution < -0.4 is 48.7 Å². The molecule has 1 rings (SSSR count). The number of aliphatic carboxylic acids is 1. The van der Waals surface area contributed by atoms with Gasteiger partial charge in [-0.25, -0.2) is 4.79 Å². The van der Waals surface area contributed by atoms with Crippen molar-refractivity contribution in [1.82, 2.24) is 37.2 Å². The van der Waals surface area contributed by atoms with Gasteiger partial charge in [-0.2, -0.15) is 11.8 Å². The minimum atomic E-state index is -1.65. The Kier molecular flexibility index (Phi) is 26.2. The number of benzene rings is 1. The molecule has 0 aliphatic carbocycles. The number of aromatic hydroxyl groups is 1. The first-order valence-corrected chi connectivity index (χ1v) is 23.2. The van der Waals surface area contributed by atoms with Crippen molar-refractivity contribution >= 4 is 59.1 Å². The monoisotopic (exact) mass is 924 g/mol. The highest BCUT2D eigenvalue weighted by Crippen LogP contribution is 2.15. The Morgan fingerprint density at radius 2 is 1.14 bits per heavy atom. The van der Waals surface area contributed by atoms with Gasteiger partial charge in [-0.3, -0.25) is 33.6 Å². The highest BCUT2D eigenvalue weighted by Gasteiger charge is 2.36. The number of phenols is 1. The van der Waals surface area contributed by atoms with E-state index >= 15 is 0 Å². The molecule has 7 amide bonds. The number of nitrogens with two attached hydrogens (primary N) is 2. The van der Waals surface area contributed by atoms with Gasteiger partial charge in [0.15, 0.2) is 0 Å². The minimum absolute atomic E-state index is 0.0202. The third kappa shape index (κ3) is 20.2. The lowest BCUT2D eigenvalue weighted by Gasteiger charge is -2.30. The van der Waals surface area contributed by atoms with Crippen molar-refractivity contribution in [2.75, 3.05) is 25.1 Å². The van der Waals surface area contributed by atoms with Crippen LogP contribution in [0.3, 0.4) is 0 Å². The molecule has 0 unspecified atom stereocenters. The molecule has 0 saturated heterocycles. The summed E-state index contributed by atoms with van der Waals surface area (Å²) in [5.41, 5.74) is 11.6. The van der Waals surface area contributed by atoms with Gasteiger partial charge in [0.2, 0.25) is 41.4 Å². The van der Waals surface area contributed by atoms with Crippen molar-refractivity contribution in [3.05, 3.63) is 29.8 Å². The predicted molar refractivity (Wildman–Crippen MR) is 243 cm³/mol. The van der Waals surface area contributed by atoms with Crippen molar-refractivity contribution in [1.29, 1.82) is 0 Å². The number of hydrogen-bond donors (Lipinski definition) is 12. The Morgan fingerprint density at radius 1 is 0.641 bits per heavy atom. The summed E-state index contributed by atoms with van der Waals surface area (Å²) in [5.74, 6) is -7.24. The van der Waals surface area contributed by atoms with Crippen molar-refractivity contribution < 1.29 is 53.7 Å². The summed E-state index contributed by atoms with van der Waals surface area (Å²) in [5, 5.41) is 48.7. The summed E-state index contributed by atoms with van der Waals surface area (Å²) < 4.78 is 0. The second kappa shape index (κ2) is 29.5. The first-order valence-electron chi connectivity index (χ1n) is 21.8. The van der Waals surface area contributed by atoms with E-state index in [1.807, 2.05) is 13.8 Å². The van der Waals surface area contributed by atoms with Crippen LogP contribution in [-0.4, -0.2) is 136 Å². The van der Waals surface area contributed by atoms with E-state index in [9.17, 15) is 53.7 Å². The number of carboxylic acid groups (broad SMARTS) is 1. The second-order valence-electron chi connectivity index (χ2n) is 16.7. The van der Waals surface area contributed by atoms with E-state index in [1.54, 1.807) is 34.0 Å². The SMILES string of the molecule is CC[C@H](C)[C@H](NC(=O)[C@H](CCCCN)NC(=O)[C@H](CCSC)NC(=O)[C@H](Cc1ccc(O)cc1)NC(=O)[C@@H](NC(=O)[C@@H](NC(=O)[C@H](CC(C)C)NC(=O)CN)C(C)C)[C@@H](C)O)C(=O)O. The van der Waals surface area contributed by atoms with Gasteiger partial charge in [0.1, 0.15) is 48.0 Å². The zero-order chi connectivity index (χ0) is 48.7. The van der Waals surface area contributed by atoms with Gasteiger partial charge < -0.3 is 64.0 Å². The second-order valence-corrected chi connectivity index (χ2v) is 17.7. The zero-order valence-electron chi connectivity index (χ0n) is 38.4. The maximum Gasteiger partial charge on any atom is 0.326 e. The van der Waals surface area contributed by atoms with Crippen LogP contribution in [0.15, 0.2) is 24.3 Å². The van der Waals surface area contributed by atoms with Crippen LogP contribution in [0, 0.1) is 17.8 Å². The van der Waals surface area contributed by atoms with E-state index in [1.165, 1.54) is 43.0 Å². The average molecular weight is 924 g/mol. The molecule has 0 aromatic heterocycles. The number of nitrogens with one attached hydrogen (secondary N) is 7. The van der Waals surface area contributed by atoms with Crippen molar-refractivity contribution in [2.45, 2.75) is 142 Å². The van der Waals surface area contributed by atoms with Crippen molar-refractivity contribution in [2.24, 2.45) is 29.2 Å². The zero-order valence-corrected chi connectivity index (χ0v) is 39.2. The maximum atomic E-state index is 14.2. The third-order valence-electron chi connectivity index (χ3n) is 10.5. The number of carbonyl (C=O) groups excluding carboxylic acids is 7. The Labute approximate surface area is 380 Å². The number of thioether (sulfide) groups is 1. The van der Waals surface area contributed by atoms with Gasteiger partial charge in [-0.05, 0) is 93.0 Å². The molecule has 21 heteroatoms. The van der Waals surface area contributed by atoms with E-state index < -0.39 is 108 Å². The molecule has 14 N–H and O–H groups in total. The Bertz CT molecular complexity index is 1680. The Hall–Kier alpha value is -4.99. The molecule has 20 nitrogen and oxygen atoms in total. The minimum Gasteiger partial charge on any atom is -0.508 e. The fraction of sp³-hybridized carbons (Fsp3) is 0.674. The fourth-order valence-corrected chi connectivity index (χ4v) is 6.95. The molecule has 0 spiro atoms. The summed E-state index contributed by atoms with van der Waals surface area (Å²) in [4.78, 5) is 107. The molecular weight excluding hydrogens is 851 g/mol. The number of carboxylic acids is 1. The Balaban J connectivity index is 3.49. The molecule has 362 valence electrons. The normalized spacial score (nSPS) is 15.5. The lowest BCUT2D eigenvalue weighted by molar-refractivity contribution is -0.144. The lowest BCUT2D eigenvalue weighted by Crippen LogP contribution is -2.62. The highest BCUT2D eigenvalue weighted by molar-refractivity contribution is 7.98. The summed E-state index contributed by atoms with van der Waals surface area (Å²) in [6, 6.07) is -3.19. The Morgan fingerprint density at radius 3 is 1.64 bits per heavy atom. The first kappa shape index (κ1) is 57.0. The highest BCUT2D eigenvalue weighted by atomic mass is 32.2. The standard InChI is InChI=1S/C43H73N9O11S/c1-9-25(6)35(43(62)63)51-38(57)29(12-10-11-18-44)47-37(56)30(17-19-64-8)48-39(58)32(21-27-13-15-28(54)16-14-27)49-42(61)36(26(7)53)52-41(60)34(24(4)5)50-40(59)31(20-23(2)3)46-33(55)22-45/h13-16,23-26,29-32,34-36,53-54H,9-12,17-22,44-45H2,1-8H3,(H,46,55)(H,47,56)(H,48,58)(H,49,61)(H,50,59)(H,51,57)(H,52,60)(H,62,63)/t25-,26+,29-,30-,31-,32-,34-,35-,36-/m0/s1. The molecule has 9 atom stereocenters. The van der Waals surface area contributed by atoms with Crippen LogP contribution >= 0.6 is 11.8 Å². The summed E-state index contributed by atoms with van der Waals surface area (Å²) in [7, 11) is 0. The van der Waals surface area contributed by atoms with Crippen LogP contribution in [0.25, 0.3) is 0 Å². The molecule has 64 heavy (non-hydrogen) atoms. The van der Waals surface area contributed by atoms with E-state index in [0.29, 0.717) is 37.1 Å². The van der Waals surface area contributed by atoms with E-state index in [0.717, 1.165) is 0 Å². The number of unbranched alkanes of at least 4 members (excludes halogenated alkanes) is 1. The topological polar surface area (TPSA) is 334 Å². The summed E-state index contributed by atoms with van der Waals surface area (Å²) in [6.07, 6.45) is 1.95. The number of phenolic OH excluding ortho intramolecular Hbond substituents is 1. The maximum absolute atomic E-state index is 14.2. The number of carbonyl (C=O) groups is 8. The molecular formula is C43H73N9O11S. The quantitative estimate of drug-likeness (QED) is 0.0429.